The minimum Gasteiger partial charge on any atom is -0.483 e. The molecule has 0 aliphatic heterocycles. The van der Waals surface area contributed by atoms with Gasteiger partial charge in [0.2, 0.25) is 0 Å². The van der Waals surface area contributed by atoms with Gasteiger partial charge in [-0.2, -0.15) is 0 Å². The second-order valence-corrected chi connectivity index (χ2v) is 4.23. The van der Waals surface area contributed by atoms with Gasteiger partial charge in [0.05, 0.1) is 0 Å². The van der Waals surface area contributed by atoms with Gasteiger partial charge in [-0.15, -0.1) is 0 Å². The van der Waals surface area contributed by atoms with Gasteiger partial charge in [-0.25, -0.2) is 4.79 Å². The fraction of sp³-hybridized carbons (Fsp3) is 0.167. The number of rotatable bonds is 5. The average Bonchev–Trinajstić information content (AvgIpc) is 2.34. The van der Waals surface area contributed by atoms with Crippen molar-refractivity contribution in [3.8, 4) is 5.75 Å². The molecule has 0 bridgehead atoms. The lowest BCUT2D eigenvalue weighted by Crippen LogP contribution is -2.24. The number of likely N-dealkylation sites (N-methyl/N-ethyl adjacent to an activating group) is 1. The molecule has 0 atom stereocenters. The molecule has 0 saturated carbocycles. The third kappa shape index (κ3) is 4.58. The van der Waals surface area contributed by atoms with E-state index in [1.165, 1.54) is 13.1 Å². The molecular formula is C12H12BrNO4. The number of ether oxygens (including phenoxy) is 1. The standard InChI is InChI=1S/C12H12BrNO4/c1-14-11(15)7-18-10-4-3-9(13)6-8(10)2-5-12(16)17/h2-6H,7H2,1H3,(H,14,15)(H,16,17)/b5-2+. The average molecular weight is 314 g/mol. The number of hydrogen-bond acceptors (Lipinski definition) is 3. The largest absolute Gasteiger partial charge is 0.483 e. The zero-order valence-corrected chi connectivity index (χ0v) is 11.2. The maximum Gasteiger partial charge on any atom is 0.328 e. The molecule has 2 N–H and O–H groups in total. The van der Waals surface area contributed by atoms with Crippen LogP contribution in [0.5, 0.6) is 5.75 Å². The van der Waals surface area contributed by atoms with E-state index in [2.05, 4.69) is 21.2 Å². The second kappa shape index (κ2) is 6.80. The van der Waals surface area contributed by atoms with Gasteiger partial charge < -0.3 is 15.2 Å². The molecule has 6 heteroatoms. The van der Waals surface area contributed by atoms with Crippen molar-refractivity contribution in [3.05, 3.63) is 34.3 Å². The van der Waals surface area contributed by atoms with Crippen molar-refractivity contribution in [1.82, 2.24) is 5.32 Å². The second-order valence-electron chi connectivity index (χ2n) is 3.32. The first kappa shape index (κ1) is 14.2. The number of nitrogens with one attached hydrogen (secondary N) is 1. The smallest absolute Gasteiger partial charge is 0.328 e. The van der Waals surface area contributed by atoms with Crippen LogP contribution in [0.4, 0.5) is 0 Å². The quantitative estimate of drug-likeness (QED) is 0.811. The fourth-order valence-corrected chi connectivity index (χ4v) is 1.54. The minimum absolute atomic E-state index is 0.119. The summed E-state index contributed by atoms with van der Waals surface area (Å²) in [5.74, 6) is -0.863. The van der Waals surface area contributed by atoms with E-state index in [9.17, 15) is 9.59 Å². The number of carboxylic acid groups (broad SMARTS) is 1. The van der Waals surface area contributed by atoms with Crippen molar-refractivity contribution in [1.29, 1.82) is 0 Å². The summed E-state index contributed by atoms with van der Waals surface area (Å²) in [5.41, 5.74) is 0.579. The molecule has 1 amide bonds. The maximum absolute atomic E-state index is 11.1. The zero-order valence-electron chi connectivity index (χ0n) is 9.64. The van der Waals surface area contributed by atoms with Crippen molar-refractivity contribution in [3.63, 3.8) is 0 Å². The molecule has 0 spiro atoms. The maximum atomic E-state index is 11.1. The molecule has 96 valence electrons. The van der Waals surface area contributed by atoms with Crippen molar-refractivity contribution >= 4 is 33.9 Å². The molecule has 18 heavy (non-hydrogen) atoms. The van der Waals surface area contributed by atoms with E-state index in [0.717, 1.165) is 10.5 Å². The highest BCUT2D eigenvalue weighted by Crippen LogP contribution is 2.24. The molecule has 0 aliphatic carbocycles. The first-order valence-corrected chi connectivity index (χ1v) is 5.86. The van der Waals surface area contributed by atoms with Gasteiger partial charge in [-0.3, -0.25) is 4.79 Å². The summed E-state index contributed by atoms with van der Waals surface area (Å²) in [5, 5.41) is 11.0. The molecule has 5 nitrogen and oxygen atoms in total. The van der Waals surface area contributed by atoms with Crippen LogP contribution >= 0.6 is 15.9 Å². The monoisotopic (exact) mass is 313 g/mol. The SMILES string of the molecule is CNC(=O)COc1ccc(Br)cc1/C=C/C(=O)O. The number of carboxylic acids is 1. The highest BCUT2D eigenvalue weighted by Gasteiger charge is 2.05. The predicted molar refractivity (Wildman–Crippen MR) is 70.4 cm³/mol. The molecule has 0 heterocycles. The zero-order chi connectivity index (χ0) is 13.5. The number of carbonyl (C=O) groups excluding carboxylic acids is 1. The molecule has 1 rings (SSSR count). The van der Waals surface area contributed by atoms with Crippen molar-refractivity contribution in [2.24, 2.45) is 0 Å². The molecule has 0 radical (unpaired) electrons. The first-order chi connectivity index (χ1) is 8.52. The van der Waals surface area contributed by atoms with E-state index in [1.54, 1.807) is 18.2 Å². The van der Waals surface area contributed by atoms with Crippen LogP contribution < -0.4 is 10.1 Å². The lowest BCUT2D eigenvalue weighted by atomic mass is 10.2. The number of benzene rings is 1. The number of halogens is 1. The summed E-state index contributed by atoms with van der Waals surface area (Å²) in [7, 11) is 1.51. The van der Waals surface area contributed by atoms with Gasteiger partial charge in [0.25, 0.3) is 5.91 Å². The molecule has 0 unspecified atom stereocenters. The van der Waals surface area contributed by atoms with Crippen LogP contribution in [0.25, 0.3) is 6.08 Å². The molecular weight excluding hydrogens is 302 g/mol. The molecule has 0 fully saturated rings. The van der Waals surface area contributed by atoms with Crippen LogP contribution in [0.2, 0.25) is 0 Å². The Morgan fingerprint density at radius 1 is 1.50 bits per heavy atom. The highest BCUT2D eigenvalue weighted by atomic mass is 79.9. The van der Waals surface area contributed by atoms with Crippen LogP contribution in [0.1, 0.15) is 5.56 Å². The summed E-state index contributed by atoms with van der Waals surface area (Å²) in [6.07, 6.45) is 2.42. The molecule has 0 aliphatic rings. The lowest BCUT2D eigenvalue weighted by molar-refractivity contribution is -0.131. The minimum atomic E-state index is -1.05. The Kier molecular flexibility index (Phi) is 5.38. The van der Waals surface area contributed by atoms with Crippen LogP contribution in [-0.2, 0) is 9.59 Å². The third-order valence-corrected chi connectivity index (χ3v) is 2.51. The summed E-state index contributed by atoms with van der Waals surface area (Å²) < 4.78 is 6.09. The van der Waals surface area contributed by atoms with Gasteiger partial charge in [-0.05, 0) is 24.3 Å². The van der Waals surface area contributed by atoms with E-state index in [-0.39, 0.29) is 12.5 Å². The van der Waals surface area contributed by atoms with Crippen molar-refractivity contribution in [2.45, 2.75) is 0 Å². The lowest BCUT2D eigenvalue weighted by Gasteiger charge is -2.08. The number of amides is 1. The van der Waals surface area contributed by atoms with E-state index < -0.39 is 5.97 Å². The molecule has 1 aromatic carbocycles. The summed E-state index contributed by atoms with van der Waals surface area (Å²) in [6.45, 7) is -0.119. The van der Waals surface area contributed by atoms with Gasteiger partial charge in [0, 0.05) is 23.2 Å². The number of hydrogen-bond donors (Lipinski definition) is 2. The Morgan fingerprint density at radius 2 is 2.22 bits per heavy atom. The van der Waals surface area contributed by atoms with E-state index in [0.29, 0.717) is 11.3 Å². The van der Waals surface area contributed by atoms with E-state index in [4.69, 9.17) is 9.84 Å². The molecule has 0 saturated heterocycles. The Balaban J connectivity index is 2.89. The van der Waals surface area contributed by atoms with Crippen molar-refractivity contribution in [2.75, 3.05) is 13.7 Å². The molecule has 1 aromatic rings. The van der Waals surface area contributed by atoms with E-state index in [1.807, 2.05) is 0 Å². The summed E-state index contributed by atoms with van der Waals surface area (Å²) in [4.78, 5) is 21.5. The van der Waals surface area contributed by atoms with Gasteiger partial charge >= 0.3 is 5.97 Å². The van der Waals surface area contributed by atoms with Crippen LogP contribution in [0, 0.1) is 0 Å². The Bertz CT molecular complexity index is 485. The third-order valence-electron chi connectivity index (χ3n) is 2.01. The number of carbonyl (C=O) groups is 2. The van der Waals surface area contributed by atoms with Crippen LogP contribution in [-0.4, -0.2) is 30.6 Å². The Hall–Kier alpha value is -1.82. The predicted octanol–water partition coefficient (Wildman–Crippen LogP) is 1.67. The normalized spacial score (nSPS) is 10.3. The van der Waals surface area contributed by atoms with Crippen LogP contribution in [0.3, 0.4) is 0 Å². The topological polar surface area (TPSA) is 75.6 Å². The summed E-state index contributed by atoms with van der Waals surface area (Å²) in [6, 6.07) is 5.12. The first-order valence-electron chi connectivity index (χ1n) is 5.07. The summed E-state index contributed by atoms with van der Waals surface area (Å²) >= 11 is 3.28. The molecule has 0 aromatic heterocycles. The Labute approximate surface area is 113 Å². The van der Waals surface area contributed by atoms with Crippen LogP contribution in [0.15, 0.2) is 28.7 Å². The number of aliphatic carboxylic acids is 1. The van der Waals surface area contributed by atoms with Crippen molar-refractivity contribution < 1.29 is 19.4 Å². The van der Waals surface area contributed by atoms with E-state index >= 15 is 0 Å². The highest BCUT2D eigenvalue weighted by molar-refractivity contribution is 9.10. The van der Waals surface area contributed by atoms with Gasteiger partial charge in [0.15, 0.2) is 6.61 Å². The van der Waals surface area contributed by atoms with Gasteiger partial charge in [0.1, 0.15) is 5.75 Å². The fourth-order valence-electron chi connectivity index (χ4n) is 1.16. The van der Waals surface area contributed by atoms with Gasteiger partial charge in [-0.1, -0.05) is 15.9 Å². The Morgan fingerprint density at radius 3 is 2.83 bits per heavy atom.